The van der Waals surface area contributed by atoms with Crippen LogP contribution in [0.1, 0.15) is 0 Å². The van der Waals surface area contributed by atoms with Gasteiger partial charge in [-0.1, -0.05) is 108 Å². The summed E-state index contributed by atoms with van der Waals surface area (Å²) in [6.45, 7) is 0. The van der Waals surface area contributed by atoms with E-state index < -0.39 is 0 Å². The Kier molecular flexibility index (Phi) is 6.36. The largest absolute Gasteiger partial charge is 0.324 e. The van der Waals surface area contributed by atoms with Gasteiger partial charge in [-0.15, -0.1) is 0 Å². The molecule has 8 nitrogen and oxygen atoms in total. The van der Waals surface area contributed by atoms with Crippen LogP contribution in [0.5, 0.6) is 0 Å². The molecule has 0 saturated heterocycles. The molecule has 2 aliphatic heterocycles. The van der Waals surface area contributed by atoms with Crippen LogP contribution in [-0.2, 0) is 22.4 Å². The molecule has 8 bridgehead atoms. The van der Waals surface area contributed by atoms with E-state index in [9.17, 15) is 0 Å². The number of fused-ring (bicyclic) bond motifs is 20. The fraction of sp³-hybridized carbons (Fsp3) is 0. The maximum Gasteiger partial charge on any atom is 0.164 e. The quantitative estimate of drug-likeness (QED) is 0.120. The molecule has 2 N–H and O–H groups in total. The van der Waals surface area contributed by atoms with E-state index in [1.165, 1.54) is 0 Å². The molecule has 0 amide bonds. The molecule has 0 fully saturated rings. The molecule has 9 rings (SSSR count). The van der Waals surface area contributed by atoms with Crippen LogP contribution in [0.4, 0.5) is 0 Å². The molecule has 4 aromatic carbocycles. The van der Waals surface area contributed by atoms with Gasteiger partial charge in [-0.25, -0.2) is 29.9 Å². The van der Waals surface area contributed by atoms with Crippen molar-refractivity contribution in [1.29, 1.82) is 0 Å². The predicted octanol–water partition coefficient (Wildman–Crippen LogP) is 8.83. The third-order valence-corrected chi connectivity index (χ3v) is 8.94. The summed E-state index contributed by atoms with van der Waals surface area (Å²) in [6.07, 6.45) is 0. The summed E-state index contributed by atoms with van der Waals surface area (Å²) in [5.41, 5.74) is 5.56. The van der Waals surface area contributed by atoms with Gasteiger partial charge in [0.05, 0.1) is 15.1 Å². The van der Waals surface area contributed by atoms with E-state index in [1.807, 2.05) is 72.8 Å². The standard InChI is InChI=1S/C32H15Cl3N8.Ag/c33-21-13-20-22(24(35)23(21)34)32-42-30-19-12-6-5-11-18(19)28(40-30)38-26-15-8-2-1-7-14(15)25(36-26)37-27-16-9-3-4-10-17(16)29(39-27)41-31(20)43-32;/h1-13H,(H2,36,37,38,39,40,41,42,43);. The van der Waals surface area contributed by atoms with Gasteiger partial charge in [0.25, 0.3) is 0 Å². The van der Waals surface area contributed by atoms with Crippen LogP contribution < -0.4 is 0 Å². The van der Waals surface area contributed by atoms with Crippen molar-refractivity contribution < 1.29 is 22.4 Å². The summed E-state index contributed by atoms with van der Waals surface area (Å²) in [7, 11) is 0. The molecule has 0 aliphatic carbocycles. The van der Waals surface area contributed by atoms with E-state index in [-0.39, 0.29) is 32.4 Å². The van der Waals surface area contributed by atoms with Gasteiger partial charge in [-0.05, 0) is 6.07 Å². The third-order valence-electron chi connectivity index (χ3n) is 7.68. The van der Waals surface area contributed by atoms with E-state index >= 15 is 0 Å². The fourth-order valence-electron chi connectivity index (χ4n) is 5.70. The van der Waals surface area contributed by atoms with Crippen molar-refractivity contribution in [1.82, 2.24) is 39.9 Å². The molecule has 2 aliphatic rings. The summed E-state index contributed by atoms with van der Waals surface area (Å²) in [5, 5.41) is 3.84. The number of hydrogen-bond donors (Lipinski definition) is 2. The number of H-pyrrole nitrogens is 2. The van der Waals surface area contributed by atoms with Gasteiger partial charge in [0.1, 0.15) is 22.6 Å². The molecular weight excluding hydrogens is 711 g/mol. The van der Waals surface area contributed by atoms with Crippen LogP contribution in [0, 0.1) is 0 Å². The van der Waals surface area contributed by atoms with E-state index in [2.05, 4.69) is 9.97 Å². The maximum absolute atomic E-state index is 6.79. The molecule has 12 heteroatoms. The Hall–Kier alpha value is -4.15. The molecule has 3 aromatic heterocycles. The molecular formula is C32H15AgCl3N8. The van der Waals surface area contributed by atoms with Gasteiger partial charge < -0.3 is 9.97 Å². The smallest absolute Gasteiger partial charge is 0.164 e. The number of nitrogens with one attached hydrogen (secondary N) is 2. The molecule has 44 heavy (non-hydrogen) atoms. The van der Waals surface area contributed by atoms with Crippen molar-refractivity contribution in [2.45, 2.75) is 0 Å². The second-order valence-corrected chi connectivity index (χ2v) is 11.3. The van der Waals surface area contributed by atoms with Gasteiger partial charge in [0.2, 0.25) is 0 Å². The molecule has 7 aromatic rings. The topological polar surface area (TPSA) is 109 Å². The Morgan fingerprint density at radius 3 is 1.30 bits per heavy atom. The van der Waals surface area contributed by atoms with Crippen molar-refractivity contribution in [2.24, 2.45) is 0 Å². The first-order chi connectivity index (χ1) is 21.0. The summed E-state index contributed by atoms with van der Waals surface area (Å²) < 4.78 is 0. The molecule has 0 atom stereocenters. The zero-order chi connectivity index (χ0) is 28.8. The molecule has 215 valence electrons. The maximum atomic E-state index is 6.79. The predicted molar refractivity (Wildman–Crippen MR) is 171 cm³/mol. The second-order valence-electron chi connectivity index (χ2n) is 10.2. The molecule has 1 radical (unpaired) electrons. The number of nitrogens with zero attached hydrogens (tertiary/aromatic N) is 6. The number of halogens is 3. The number of hydrogen-bond acceptors (Lipinski definition) is 6. The minimum Gasteiger partial charge on any atom is -0.324 e. The van der Waals surface area contributed by atoms with Crippen molar-refractivity contribution in [2.75, 3.05) is 0 Å². The third kappa shape index (κ3) is 4.04. The number of benzene rings is 4. The van der Waals surface area contributed by atoms with Crippen LogP contribution in [0.25, 0.3) is 89.7 Å². The Labute approximate surface area is 279 Å². The van der Waals surface area contributed by atoms with E-state index in [0.29, 0.717) is 61.7 Å². The van der Waals surface area contributed by atoms with Crippen LogP contribution in [0.3, 0.4) is 0 Å². The van der Waals surface area contributed by atoms with Crippen LogP contribution in [-0.4, -0.2) is 39.9 Å². The summed E-state index contributed by atoms with van der Waals surface area (Å²) in [6, 6.07) is 25.4. The van der Waals surface area contributed by atoms with Crippen LogP contribution >= 0.6 is 34.8 Å². The Morgan fingerprint density at radius 1 is 0.432 bits per heavy atom. The number of aromatic nitrogens is 8. The molecule has 0 saturated carbocycles. The van der Waals surface area contributed by atoms with E-state index in [1.54, 1.807) is 6.07 Å². The average Bonchev–Trinajstić information content (AvgIpc) is 3.75. The van der Waals surface area contributed by atoms with Crippen molar-refractivity contribution in [3.8, 4) is 45.6 Å². The van der Waals surface area contributed by atoms with Gasteiger partial charge in [-0.2, -0.15) is 0 Å². The second kappa shape index (κ2) is 10.2. The van der Waals surface area contributed by atoms with Gasteiger partial charge >= 0.3 is 0 Å². The Morgan fingerprint density at radius 2 is 0.818 bits per heavy atom. The van der Waals surface area contributed by atoms with Crippen molar-refractivity contribution in [3.63, 3.8) is 0 Å². The average molecular weight is 726 g/mol. The van der Waals surface area contributed by atoms with Gasteiger partial charge in [0.15, 0.2) is 23.3 Å². The Bertz CT molecular complexity index is 2520. The van der Waals surface area contributed by atoms with E-state index in [4.69, 9.17) is 64.7 Å². The monoisotopic (exact) mass is 723 g/mol. The molecule has 5 heterocycles. The van der Waals surface area contributed by atoms with Gasteiger partial charge in [-0.3, -0.25) is 0 Å². The Balaban J connectivity index is 0.00000289. The molecule has 0 spiro atoms. The zero-order valence-corrected chi connectivity index (χ0v) is 25.9. The number of aromatic amines is 2. The first-order valence-electron chi connectivity index (χ1n) is 13.3. The SMILES string of the molecule is Clc1cc2c3nc4nc(nc5[nH]c(nc6nc(nc([nH]3)c2c(Cl)c1Cl)-c1ccccc1-6)c1ccccc51)-c1ccccc1-4.[Ag]. The minimum atomic E-state index is 0. The molecule has 0 unspecified atom stereocenters. The summed E-state index contributed by atoms with van der Waals surface area (Å²) >= 11 is 19.8. The normalized spacial score (nSPS) is 11.8. The van der Waals surface area contributed by atoms with Gasteiger partial charge in [0, 0.05) is 66.2 Å². The van der Waals surface area contributed by atoms with Crippen LogP contribution in [0.15, 0.2) is 78.9 Å². The van der Waals surface area contributed by atoms with Crippen molar-refractivity contribution in [3.05, 3.63) is 93.9 Å². The number of rotatable bonds is 0. The van der Waals surface area contributed by atoms with Crippen molar-refractivity contribution >= 4 is 78.9 Å². The summed E-state index contributed by atoms with van der Waals surface area (Å²) in [4.78, 5) is 36.4. The zero-order valence-electron chi connectivity index (χ0n) is 22.1. The first kappa shape index (κ1) is 27.4. The minimum absolute atomic E-state index is 0. The van der Waals surface area contributed by atoms with E-state index in [0.717, 1.165) is 33.0 Å². The fourth-order valence-corrected chi connectivity index (χ4v) is 6.39. The summed E-state index contributed by atoms with van der Waals surface area (Å²) in [5.74, 6) is 2.00. The van der Waals surface area contributed by atoms with Crippen LogP contribution in [0.2, 0.25) is 15.1 Å². The first-order valence-corrected chi connectivity index (χ1v) is 14.4.